The van der Waals surface area contributed by atoms with Crippen LogP contribution in [0.5, 0.6) is 0 Å². The second kappa shape index (κ2) is 11.4. The van der Waals surface area contributed by atoms with Crippen molar-refractivity contribution in [2.24, 2.45) is 0 Å². The van der Waals surface area contributed by atoms with Crippen LogP contribution in [0.25, 0.3) is 0 Å². The molecule has 34 heavy (non-hydrogen) atoms. The number of sulfonamides is 1. The summed E-state index contributed by atoms with van der Waals surface area (Å²) in [6, 6.07) is 13.9. The van der Waals surface area contributed by atoms with Crippen LogP contribution >= 0.6 is 15.9 Å². The van der Waals surface area contributed by atoms with Gasteiger partial charge in [0.25, 0.3) is 0 Å². The first-order valence-corrected chi connectivity index (χ1v) is 14.1. The number of hydrogen-bond acceptors (Lipinski definition) is 4. The van der Waals surface area contributed by atoms with Gasteiger partial charge in [0.05, 0.1) is 11.9 Å². The lowest BCUT2D eigenvalue weighted by Gasteiger charge is -2.32. The maximum Gasteiger partial charge on any atom is 0.244 e. The minimum Gasteiger partial charge on any atom is -0.352 e. The Morgan fingerprint density at radius 3 is 2.35 bits per heavy atom. The zero-order valence-electron chi connectivity index (χ0n) is 19.8. The van der Waals surface area contributed by atoms with Crippen molar-refractivity contribution in [3.8, 4) is 0 Å². The molecule has 0 bridgehead atoms. The summed E-state index contributed by atoms with van der Waals surface area (Å²) in [7, 11) is -3.74. The molecule has 2 aromatic carbocycles. The normalized spacial score (nSPS) is 15.1. The van der Waals surface area contributed by atoms with Crippen molar-refractivity contribution in [2.45, 2.75) is 58.2 Å². The van der Waals surface area contributed by atoms with Gasteiger partial charge in [-0.2, -0.15) is 0 Å². The van der Waals surface area contributed by atoms with Gasteiger partial charge < -0.3 is 10.2 Å². The second-order valence-corrected chi connectivity index (χ2v) is 11.7. The topological polar surface area (TPSA) is 86.8 Å². The number of benzene rings is 2. The molecular weight excluding hydrogens is 518 g/mol. The second-order valence-electron chi connectivity index (χ2n) is 8.92. The van der Waals surface area contributed by atoms with Crippen molar-refractivity contribution in [1.82, 2.24) is 10.2 Å². The Labute approximate surface area is 210 Å². The first-order valence-electron chi connectivity index (χ1n) is 11.4. The average Bonchev–Trinajstić information content (AvgIpc) is 3.28. The molecule has 0 heterocycles. The fraction of sp³-hybridized carbons (Fsp3) is 0.440. The van der Waals surface area contributed by atoms with Gasteiger partial charge >= 0.3 is 0 Å². The van der Waals surface area contributed by atoms with Crippen molar-refractivity contribution < 1.29 is 18.0 Å². The molecule has 7 nitrogen and oxygen atoms in total. The van der Waals surface area contributed by atoms with Crippen LogP contribution < -0.4 is 9.62 Å². The van der Waals surface area contributed by atoms with Gasteiger partial charge in [0.15, 0.2) is 0 Å². The van der Waals surface area contributed by atoms with Crippen LogP contribution in [-0.4, -0.2) is 50.0 Å². The maximum atomic E-state index is 13.5. The fourth-order valence-corrected chi connectivity index (χ4v) is 5.34. The van der Waals surface area contributed by atoms with Crippen LogP contribution in [0.1, 0.15) is 43.7 Å². The number of nitrogens with zero attached hydrogens (tertiary/aromatic N) is 2. The molecule has 0 aliphatic heterocycles. The van der Waals surface area contributed by atoms with E-state index in [0.717, 1.165) is 47.4 Å². The van der Waals surface area contributed by atoms with E-state index in [1.807, 2.05) is 31.2 Å². The minimum absolute atomic E-state index is 0.125. The van der Waals surface area contributed by atoms with Crippen LogP contribution in [0, 0.1) is 6.92 Å². The van der Waals surface area contributed by atoms with Crippen molar-refractivity contribution in [3.63, 3.8) is 0 Å². The Kier molecular flexibility index (Phi) is 8.76. The van der Waals surface area contributed by atoms with Gasteiger partial charge in [-0.1, -0.05) is 64.7 Å². The lowest BCUT2D eigenvalue weighted by Crippen LogP contribution is -2.52. The number of nitrogens with one attached hydrogen (secondary N) is 1. The molecule has 1 N–H and O–H groups in total. The number of anilines is 1. The number of carbonyl (C=O) groups excluding carboxylic acids is 2. The highest BCUT2D eigenvalue weighted by Crippen LogP contribution is 2.23. The Hall–Kier alpha value is -2.39. The van der Waals surface area contributed by atoms with Crippen molar-refractivity contribution >= 4 is 43.5 Å². The predicted octanol–water partition coefficient (Wildman–Crippen LogP) is 4.00. The molecule has 9 heteroatoms. The summed E-state index contributed by atoms with van der Waals surface area (Å²) in [5.41, 5.74) is 2.34. The molecule has 1 fully saturated rings. The van der Waals surface area contributed by atoms with Gasteiger partial charge in [-0.25, -0.2) is 8.42 Å². The summed E-state index contributed by atoms with van der Waals surface area (Å²) in [6.45, 7) is 3.48. The monoisotopic (exact) mass is 549 g/mol. The Balaban J connectivity index is 1.87. The summed E-state index contributed by atoms with van der Waals surface area (Å²) in [5, 5.41) is 3.06. The molecule has 2 aromatic rings. The first-order chi connectivity index (χ1) is 16.0. The van der Waals surface area contributed by atoms with Gasteiger partial charge in [0.2, 0.25) is 21.8 Å². The number of aryl methyl sites for hydroxylation is 1. The van der Waals surface area contributed by atoms with E-state index < -0.39 is 28.5 Å². The zero-order chi connectivity index (χ0) is 24.9. The quantitative estimate of drug-likeness (QED) is 0.512. The lowest BCUT2D eigenvalue weighted by molar-refractivity contribution is -0.139. The number of amides is 2. The highest BCUT2D eigenvalue weighted by molar-refractivity contribution is 9.10. The van der Waals surface area contributed by atoms with Gasteiger partial charge in [-0.05, 0) is 50.5 Å². The summed E-state index contributed by atoms with van der Waals surface area (Å²) in [5.74, 6) is -0.666. The smallest absolute Gasteiger partial charge is 0.244 e. The van der Waals surface area contributed by atoms with Gasteiger partial charge in [-0.3, -0.25) is 13.9 Å². The molecule has 1 saturated carbocycles. The van der Waals surface area contributed by atoms with Crippen molar-refractivity contribution in [3.05, 3.63) is 64.1 Å². The van der Waals surface area contributed by atoms with Crippen molar-refractivity contribution in [1.29, 1.82) is 0 Å². The van der Waals surface area contributed by atoms with E-state index in [0.29, 0.717) is 10.2 Å². The van der Waals surface area contributed by atoms with Crippen LogP contribution in [0.15, 0.2) is 53.0 Å². The highest BCUT2D eigenvalue weighted by Gasteiger charge is 2.31. The van der Waals surface area contributed by atoms with Gasteiger partial charge in [0.1, 0.15) is 12.6 Å². The maximum absolute atomic E-state index is 13.5. The van der Waals surface area contributed by atoms with Crippen LogP contribution in [0.3, 0.4) is 0 Å². The molecule has 0 saturated heterocycles. The minimum atomic E-state index is -3.74. The largest absolute Gasteiger partial charge is 0.352 e. The molecule has 0 spiro atoms. The van der Waals surface area contributed by atoms with E-state index in [9.17, 15) is 18.0 Å². The van der Waals surface area contributed by atoms with E-state index in [2.05, 4.69) is 21.2 Å². The molecule has 2 amide bonds. The fourth-order valence-electron chi connectivity index (χ4n) is 4.11. The van der Waals surface area contributed by atoms with Crippen LogP contribution in [0.2, 0.25) is 0 Å². The third-order valence-corrected chi connectivity index (χ3v) is 7.75. The van der Waals surface area contributed by atoms with Gasteiger partial charge in [0, 0.05) is 17.1 Å². The third-order valence-electron chi connectivity index (χ3n) is 6.12. The van der Waals surface area contributed by atoms with Crippen LogP contribution in [0.4, 0.5) is 5.69 Å². The third kappa shape index (κ3) is 7.06. The molecule has 1 unspecified atom stereocenters. The highest BCUT2D eigenvalue weighted by atomic mass is 79.9. The molecular formula is C25H32BrN3O4S. The number of halogens is 1. The van der Waals surface area contributed by atoms with E-state index in [-0.39, 0.29) is 18.5 Å². The van der Waals surface area contributed by atoms with E-state index >= 15 is 0 Å². The molecule has 1 aliphatic rings. The summed E-state index contributed by atoms with van der Waals surface area (Å²) < 4.78 is 27.0. The summed E-state index contributed by atoms with van der Waals surface area (Å²) >= 11 is 3.36. The number of carbonyl (C=O) groups is 2. The van der Waals surface area contributed by atoms with E-state index in [1.165, 1.54) is 4.90 Å². The summed E-state index contributed by atoms with van der Waals surface area (Å²) in [6.07, 6.45) is 5.12. The Morgan fingerprint density at radius 2 is 1.76 bits per heavy atom. The molecule has 1 atom stereocenters. The Bertz CT molecular complexity index is 1120. The SMILES string of the molecule is Cc1ccc(CN(C(=O)CN(c2cccc(Br)c2)S(C)(=O)=O)C(C)C(=O)NC2CCCC2)cc1. The predicted molar refractivity (Wildman–Crippen MR) is 138 cm³/mol. The van der Waals surface area contributed by atoms with E-state index in [1.54, 1.807) is 31.2 Å². The molecule has 184 valence electrons. The number of hydrogen-bond donors (Lipinski definition) is 1. The van der Waals surface area contributed by atoms with Gasteiger partial charge in [-0.15, -0.1) is 0 Å². The lowest BCUT2D eigenvalue weighted by atomic mass is 10.1. The zero-order valence-corrected chi connectivity index (χ0v) is 22.2. The molecule has 0 radical (unpaired) electrons. The standard InChI is InChI=1S/C25H32BrN3O4S/c1-18-11-13-20(14-12-18)16-28(19(2)25(31)27-22-8-4-5-9-22)24(30)17-29(34(3,32)33)23-10-6-7-21(26)15-23/h6-7,10-15,19,22H,4-5,8-9,16-17H2,1-3H3,(H,27,31). The molecule has 1 aliphatic carbocycles. The van der Waals surface area contributed by atoms with E-state index in [4.69, 9.17) is 0 Å². The number of rotatable bonds is 9. The molecule has 3 rings (SSSR count). The Morgan fingerprint density at radius 1 is 1.12 bits per heavy atom. The van der Waals surface area contributed by atoms with Crippen LogP contribution in [-0.2, 0) is 26.2 Å². The molecule has 0 aromatic heterocycles. The van der Waals surface area contributed by atoms with Crippen molar-refractivity contribution in [2.75, 3.05) is 17.1 Å². The first kappa shape index (κ1) is 26.2. The average molecular weight is 551 g/mol. The summed E-state index contributed by atoms with van der Waals surface area (Å²) in [4.78, 5) is 28.0.